The van der Waals surface area contributed by atoms with Crippen LogP contribution >= 0.6 is 23.2 Å². The number of amides is 3. The molecule has 0 spiro atoms. The van der Waals surface area contributed by atoms with Crippen molar-refractivity contribution < 1.29 is 23.5 Å². The van der Waals surface area contributed by atoms with Crippen molar-refractivity contribution in [2.45, 2.75) is 0 Å². The second-order valence-corrected chi connectivity index (χ2v) is 5.91. The first-order valence-corrected chi connectivity index (χ1v) is 8.26. The van der Waals surface area contributed by atoms with Gasteiger partial charge < -0.3 is 10.1 Å². The zero-order valence-corrected chi connectivity index (χ0v) is 15.2. The van der Waals surface area contributed by atoms with E-state index in [1.165, 1.54) is 24.3 Å². The minimum atomic E-state index is -0.951. The van der Waals surface area contributed by atoms with Gasteiger partial charge in [0.25, 0.3) is 5.91 Å². The maximum absolute atomic E-state index is 13.4. The molecule has 3 amide bonds. The van der Waals surface area contributed by atoms with E-state index >= 15 is 0 Å². The number of esters is 1. The van der Waals surface area contributed by atoms with Crippen LogP contribution in [0.25, 0.3) is 6.08 Å². The number of urea groups is 1. The summed E-state index contributed by atoms with van der Waals surface area (Å²) < 4.78 is 18.1. The van der Waals surface area contributed by atoms with E-state index in [2.05, 4.69) is 5.32 Å². The Morgan fingerprint density at radius 2 is 1.81 bits per heavy atom. The standard InChI is InChI=1S/C18H13Cl2FN2O4/c19-12-7-5-11(9-13(12)20)6-8-17(25)27-10-16(24)23-18(26)22-15-4-2-1-3-14(15)21/h1-9H,10H2,(H2,22,23,24,26)/b8-6+. The maximum Gasteiger partial charge on any atom is 0.331 e. The Morgan fingerprint density at radius 1 is 1.07 bits per heavy atom. The van der Waals surface area contributed by atoms with Crippen LogP contribution in [0.1, 0.15) is 5.56 Å². The Kier molecular flexibility index (Phi) is 7.34. The Labute approximate surface area is 163 Å². The number of hydrogen-bond acceptors (Lipinski definition) is 4. The van der Waals surface area contributed by atoms with Crippen LogP contribution in [0.5, 0.6) is 0 Å². The molecule has 0 atom stereocenters. The van der Waals surface area contributed by atoms with Crippen LogP contribution in [-0.4, -0.2) is 24.5 Å². The van der Waals surface area contributed by atoms with Gasteiger partial charge in [-0.2, -0.15) is 0 Å². The molecule has 2 N–H and O–H groups in total. The van der Waals surface area contributed by atoms with Gasteiger partial charge in [0, 0.05) is 6.08 Å². The van der Waals surface area contributed by atoms with Crippen LogP contribution in [0.4, 0.5) is 14.9 Å². The van der Waals surface area contributed by atoms with Crippen molar-refractivity contribution in [1.82, 2.24) is 5.32 Å². The molecule has 0 aromatic heterocycles. The molecule has 0 radical (unpaired) electrons. The van der Waals surface area contributed by atoms with Gasteiger partial charge in [-0.25, -0.2) is 14.0 Å². The Hall–Kier alpha value is -2.90. The second-order valence-electron chi connectivity index (χ2n) is 5.10. The van der Waals surface area contributed by atoms with Crippen molar-refractivity contribution in [3.8, 4) is 0 Å². The third kappa shape index (κ3) is 6.73. The average molecular weight is 411 g/mol. The number of imide groups is 1. The van der Waals surface area contributed by atoms with Crippen molar-refractivity contribution in [2.75, 3.05) is 11.9 Å². The Morgan fingerprint density at radius 3 is 2.52 bits per heavy atom. The summed E-state index contributed by atoms with van der Waals surface area (Å²) in [6.07, 6.45) is 2.51. The molecule has 0 saturated heterocycles. The number of halogens is 3. The van der Waals surface area contributed by atoms with Crippen LogP contribution in [0.3, 0.4) is 0 Å². The number of rotatable bonds is 5. The molecule has 2 aromatic carbocycles. The number of nitrogens with one attached hydrogen (secondary N) is 2. The molecule has 2 aromatic rings. The first-order chi connectivity index (χ1) is 12.8. The highest BCUT2D eigenvalue weighted by Crippen LogP contribution is 2.23. The van der Waals surface area contributed by atoms with Crippen molar-refractivity contribution in [1.29, 1.82) is 0 Å². The predicted octanol–water partition coefficient (Wildman–Crippen LogP) is 4.04. The normalized spacial score (nSPS) is 10.5. The highest BCUT2D eigenvalue weighted by molar-refractivity contribution is 6.42. The van der Waals surface area contributed by atoms with Crippen LogP contribution in [0, 0.1) is 5.82 Å². The van der Waals surface area contributed by atoms with Crippen molar-refractivity contribution in [3.63, 3.8) is 0 Å². The fraction of sp³-hybridized carbons (Fsp3) is 0.0556. The van der Waals surface area contributed by atoms with Gasteiger partial charge in [0.1, 0.15) is 5.82 Å². The molecule has 9 heteroatoms. The summed E-state index contributed by atoms with van der Waals surface area (Å²) >= 11 is 11.6. The summed E-state index contributed by atoms with van der Waals surface area (Å²) in [5, 5.41) is 4.77. The SMILES string of the molecule is O=C(COC(=O)/C=C/c1ccc(Cl)c(Cl)c1)NC(=O)Nc1ccccc1F. The van der Waals surface area contributed by atoms with Gasteiger partial charge in [0.2, 0.25) is 0 Å². The maximum atomic E-state index is 13.4. The fourth-order valence-electron chi connectivity index (χ4n) is 1.84. The van der Waals surface area contributed by atoms with Crippen molar-refractivity contribution in [3.05, 3.63) is 70.0 Å². The average Bonchev–Trinajstić information content (AvgIpc) is 2.63. The number of hydrogen-bond donors (Lipinski definition) is 2. The van der Waals surface area contributed by atoms with E-state index in [0.29, 0.717) is 15.6 Å². The van der Waals surface area contributed by atoms with Gasteiger partial charge in [0.05, 0.1) is 15.7 Å². The van der Waals surface area contributed by atoms with Gasteiger partial charge in [-0.3, -0.25) is 10.1 Å². The monoisotopic (exact) mass is 410 g/mol. The molecule has 0 saturated carbocycles. The van der Waals surface area contributed by atoms with E-state index < -0.39 is 30.3 Å². The van der Waals surface area contributed by atoms with Crippen LogP contribution in [0.2, 0.25) is 10.0 Å². The Balaban J connectivity index is 1.78. The lowest BCUT2D eigenvalue weighted by atomic mass is 10.2. The predicted molar refractivity (Wildman–Crippen MR) is 100 cm³/mol. The topological polar surface area (TPSA) is 84.5 Å². The molecule has 6 nitrogen and oxygen atoms in total. The number of benzene rings is 2. The quantitative estimate of drug-likeness (QED) is 0.575. The number of anilines is 1. The van der Waals surface area contributed by atoms with E-state index in [4.69, 9.17) is 27.9 Å². The summed E-state index contributed by atoms with van der Waals surface area (Å²) in [5.41, 5.74) is 0.513. The second kappa shape index (κ2) is 9.70. The lowest BCUT2D eigenvalue weighted by Gasteiger charge is -2.07. The van der Waals surface area contributed by atoms with Gasteiger partial charge in [-0.1, -0.05) is 41.4 Å². The van der Waals surface area contributed by atoms with E-state index in [1.807, 2.05) is 5.32 Å². The summed E-state index contributed by atoms with van der Waals surface area (Å²) in [4.78, 5) is 34.8. The largest absolute Gasteiger partial charge is 0.452 e. The molecule has 0 fully saturated rings. The molecule has 0 unspecified atom stereocenters. The molecule has 0 heterocycles. The number of carbonyl (C=O) groups excluding carboxylic acids is 3. The number of para-hydroxylation sites is 1. The summed E-state index contributed by atoms with van der Waals surface area (Å²) in [5.74, 6) is -2.33. The van der Waals surface area contributed by atoms with Crippen molar-refractivity contribution in [2.24, 2.45) is 0 Å². The van der Waals surface area contributed by atoms with E-state index in [0.717, 1.165) is 12.1 Å². The van der Waals surface area contributed by atoms with E-state index in [9.17, 15) is 18.8 Å². The Bertz CT molecular complexity index is 903. The van der Waals surface area contributed by atoms with Gasteiger partial charge in [-0.15, -0.1) is 0 Å². The molecular weight excluding hydrogens is 398 g/mol. The van der Waals surface area contributed by atoms with Crippen LogP contribution in [0.15, 0.2) is 48.5 Å². The van der Waals surface area contributed by atoms with Crippen molar-refractivity contribution >= 4 is 52.9 Å². The van der Waals surface area contributed by atoms with Gasteiger partial charge >= 0.3 is 12.0 Å². The molecule has 140 valence electrons. The van der Waals surface area contributed by atoms with E-state index in [1.54, 1.807) is 18.2 Å². The third-order valence-electron chi connectivity index (χ3n) is 3.08. The number of carbonyl (C=O) groups is 3. The highest BCUT2D eigenvalue weighted by Gasteiger charge is 2.11. The summed E-state index contributed by atoms with van der Waals surface area (Å²) in [6, 6.07) is 9.25. The van der Waals surface area contributed by atoms with E-state index in [-0.39, 0.29) is 5.69 Å². The lowest BCUT2D eigenvalue weighted by Crippen LogP contribution is -2.37. The van der Waals surface area contributed by atoms with Crippen LogP contribution in [-0.2, 0) is 14.3 Å². The molecule has 0 aliphatic rings. The minimum absolute atomic E-state index is 0.0932. The molecule has 27 heavy (non-hydrogen) atoms. The number of ether oxygens (including phenoxy) is 1. The fourth-order valence-corrected chi connectivity index (χ4v) is 2.15. The molecular formula is C18H13Cl2FN2O4. The third-order valence-corrected chi connectivity index (χ3v) is 3.82. The zero-order chi connectivity index (χ0) is 19.8. The highest BCUT2D eigenvalue weighted by atomic mass is 35.5. The first kappa shape index (κ1) is 20.4. The van der Waals surface area contributed by atoms with Crippen LogP contribution < -0.4 is 10.6 Å². The summed E-state index contributed by atoms with van der Waals surface area (Å²) in [7, 11) is 0. The lowest BCUT2D eigenvalue weighted by molar-refractivity contribution is -0.143. The first-order valence-electron chi connectivity index (χ1n) is 7.50. The zero-order valence-electron chi connectivity index (χ0n) is 13.7. The summed E-state index contributed by atoms with van der Waals surface area (Å²) in [6.45, 7) is -0.685. The van der Waals surface area contributed by atoms with Gasteiger partial charge in [-0.05, 0) is 35.9 Å². The molecule has 0 bridgehead atoms. The minimum Gasteiger partial charge on any atom is -0.452 e. The van der Waals surface area contributed by atoms with Gasteiger partial charge in [0.15, 0.2) is 6.61 Å². The molecule has 0 aliphatic carbocycles. The molecule has 2 rings (SSSR count). The molecule has 0 aliphatic heterocycles. The smallest absolute Gasteiger partial charge is 0.331 e.